The molecule has 128 valence electrons. The van der Waals surface area contributed by atoms with Crippen LogP contribution in [0.25, 0.3) is 0 Å². The van der Waals surface area contributed by atoms with E-state index in [9.17, 15) is 9.90 Å². The smallest absolute Gasteiger partial charge is 0.317 e. The van der Waals surface area contributed by atoms with Crippen LogP contribution >= 0.6 is 0 Å². The zero-order valence-corrected chi connectivity index (χ0v) is 14.4. The molecule has 0 spiro atoms. The van der Waals surface area contributed by atoms with Gasteiger partial charge in [-0.3, -0.25) is 0 Å². The zero-order chi connectivity index (χ0) is 16.7. The Hall–Kier alpha value is -1.55. The lowest BCUT2D eigenvalue weighted by atomic mass is 9.85. The first kappa shape index (κ1) is 17.8. The van der Waals surface area contributed by atoms with Gasteiger partial charge in [0.25, 0.3) is 0 Å². The van der Waals surface area contributed by atoms with Gasteiger partial charge in [0.1, 0.15) is 0 Å². The third kappa shape index (κ3) is 5.54. The molecule has 2 amide bonds. The largest absolute Gasteiger partial charge is 0.396 e. The molecule has 1 unspecified atom stereocenters. The fraction of sp³-hybridized carbons (Fsp3) is 0.632. The Labute approximate surface area is 139 Å². The SMILES string of the molecule is CC1(C)CCCN(C(=O)NCC(CCO)c2ccccc2)CC1. The summed E-state index contributed by atoms with van der Waals surface area (Å²) >= 11 is 0. The van der Waals surface area contributed by atoms with Crippen molar-refractivity contribution in [3.05, 3.63) is 35.9 Å². The molecule has 4 heteroatoms. The molecule has 1 fully saturated rings. The predicted octanol–water partition coefficient (Wildman–Crippen LogP) is 3.37. The molecule has 23 heavy (non-hydrogen) atoms. The van der Waals surface area contributed by atoms with Crippen LogP contribution in [0.3, 0.4) is 0 Å². The highest BCUT2D eigenvalue weighted by Gasteiger charge is 2.25. The maximum absolute atomic E-state index is 12.5. The summed E-state index contributed by atoms with van der Waals surface area (Å²) in [4.78, 5) is 14.4. The van der Waals surface area contributed by atoms with Gasteiger partial charge in [0.05, 0.1) is 0 Å². The Bertz CT molecular complexity index is 487. The van der Waals surface area contributed by atoms with Crippen molar-refractivity contribution in [1.82, 2.24) is 10.2 Å². The average Bonchev–Trinajstić information content (AvgIpc) is 2.72. The highest BCUT2D eigenvalue weighted by atomic mass is 16.3. The lowest BCUT2D eigenvalue weighted by Crippen LogP contribution is -2.42. The van der Waals surface area contributed by atoms with Gasteiger partial charge in [0.15, 0.2) is 0 Å². The molecule has 1 aliphatic heterocycles. The number of aliphatic hydroxyl groups is 1. The van der Waals surface area contributed by atoms with Crippen molar-refractivity contribution in [2.24, 2.45) is 5.41 Å². The number of rotatable bonds is 5. The third-order valence-electron chi connectivity index (χ3n) is 4.88. The van der Waals surface area contributed by atoms with Crippen LogP contribution in [0.5, 0.6) is 0 Å². The summed E-state index contributed by atoms with van der Waals surface area (Å²) in [6, 6.07) is 10.1. The van der Waals surface area contributed by atoms with E-state index in [0.717, 1.165) is 25.9 Å². The molecular formula is C19H30N2O2. The molecule has 0 aliphatic carbocycles. The number of aliphatic hydroxyl groups excluding tert-OH is 1. The molecule has 1 aromatic rings. The number of carbonyl (C=O) groups is 1. The van der Waals surface area contributed by atoms with Gasteiger partial charge in [-0.05, 0) is 36.7 Å². The molecule has 1 aliphatic rings. The molecular weight excluding hydrogens is 288 g/mol. The number of hydrogen-bond donors (Lipinski definition) is 2. The first-order valence-corrected chi connectivity index (χ1v) is 8.70. The van der Waals surface area contributed by atoms with Gasteiger partial charge < -0.3 is 15.3 Å². The highest BCUT2D eigenvalue weighted by Crippen LogP contribution is 2.29. The molecule has 0 radical (unpaired) electrons. The van der Waals surface area contributed by atoms with Crippen LogP contribution in [-0.4, -0.2) is 42.3 Å². The molecule has 0 saturated carbocycles. The summed E-state index contributed by atoms with van der Waals surface area (Å²) in [7, 11) is 0. The van der Waals surface area contributed by atoms with E-state index in [2.05, 4.69) is 31.3 Å². The number of carbonyl (C=O) groups excluding carboxylic acids is 1. The van der Waals surface area contributed by atoms with Gasteiger partial charge in [-0.25, -0.2) is 4.79 Å². The number of likely N-dealkylation sites (tertiary alicyclic amines) is 1. The van der Waals surface area contributed by atoms with Crippen LogP contribution in [0.1, 0.15) is 51.0 Å². The number of amides is 2. The van der Waals surface area contributed by atoms with Crippen molar-refractivity contribution in [1.29, 1.82) is 0 Å². The predicted molar refractivity (Wildman–Crippen MR) is 93.5 cm³/mol. The van der Waals surface area contributed by atoms with E-state index in [1.165, 1.54) is 12.0 Å². The van der Waals surface area contributed by atoms with E-state index in [1.54, 1.807) is 0 Å². The first-order chi connectivity index (χ1) is 11.0. The molecule has 2 rings (SSSR count). The van der Waals surface area contributed by atoms with Crippen molar-refractivity contribution in [3.63, 3.8) is 0 Å². The summed E-state index contributed by atoms with van der Waals surface area (Å²) in [6.45, 7) is 6.93. The second kappa shape index (κ2) is 8.34. The Kier molecular flexibility index (Phi) is 6.46. The average molecular weight is 318 g/mol. The van der Waals surface area contributed by atoms with Crippen LogP contribution in [0.15, 0.2) is 30.3 Å². The van der Waals surface area contributed by atoms with E-state index in [4.69, 9.17) is 0 Å². The minimum Gasteiger partial charge on any atom is -0.396 e. The maximum atomic E-state index is 12.5. The van der Waals surface area contributed by atoms with E-state index >= 15 is 0 Å². The lowest BCUT2D eigenvalue weighted by Gasteiger charge is -2.25. The molecule has 1 saturated heterocycles. The van der Waals surface area contributed by atoms with Crippen LogP contribution < -0.4 is 5.32 Å². The Morgan fingerprint density at radius 3 is 2.70 bits per heavy atom. The zero-order valence-electron chi connectivity index (χ0n) is 14.4. The topological polar surface area (TPSA) is 52.6 Å². The van der Waals surface area contributed by atoms with Crippen LogP contribution in [0.4, 0.5) is 4.79 Å². The van der Waals surface area contributed by atoms with E-state index in [-0.39, 0.29) is 18.6 Å². The first-order valence-electron chi connectivity index (χ1n) is 8.70. The summed E-state index contributed by atoms with van der Waals surface area (Å²) in [5.41, 5.74) is 1.50. The van der Waals surface area contributed by atoms with Gasteiger partial charge in [-0.2, -0.15) is 0 Å². The fourth-order valence-electron chi connectivity index (χ4n) is 3.22. The molecule has 0 aromatic heterocycles. The van der Waals surface area contributed by atoms with Crippen molar-refractivity contribution < 1.29 is 9.90 Å². The van der Waals surface area contributed by atoms with E-state index in [1.807, 2.05) is 23.1 Å². The van der Waals surface area contributed by atoms with Gasteiger partial charge in [0, 0.05) is 32.2 Å². The maximum Gasteiger partial charge on any atom is 0.317 e. The standard InChI is InChI=1S/C19H30N2O2/c1-19(2)10-6-12-21(13-11-19)18(23)20-15-17(9-14-22)16-7-4-3-5-8-16/h3-5,7-8,17,22H,6,9-15H2,1-2H3,(H,20,23). The van der Waals surface area contributed by atoms with Crippen molar-refractivity contribution in [2.45, 2.75) is 45.4 Å². The van der Waals surface area contributed by atoms with E-state index in [0.29, 0.717) is 18.4 Å². The number of benzene rings is 1. The van der Waals surface area contributed by atoms with Gasteiger partial charge in [-0.15, -0.1) is 0 Å². The summed E-state index contributed by atoms with van der Waals surface area (Å²) < 4.78 is 0. The van der Waals surface area contributed by atoms with Crippen LogP contribution in [0, 0.1) is 5.41 Å². The van der Waals surface area contributed by atoms with Crippen LogP contribution in [-0.2, 0) is 0 Å². The summed E-state index contributed by atoms with van der Waals surface area (Å²) in [6.07, 6.45) is 3.96. The van der Waals surface area contributed by atoms with Crippen LogP contribution in [0.2, 0.25) is 0 Å². The highest BCUT2D eigenvalue weighted by molar-refractivity contribution is 5.74. The van der Waals surface area contributed by atoms with Gasteiger partial charge in [0.2, 0.25) is 0 Å². The summed E-state index contributed by atoms with van der Waals surface area (Å²) in [5.74, 6) is 0.161. The number of nitrogens with one attached hydrogen (secondary N) is 1. The quantitative estimate of drug-likeness (QED) is 0.874. The summed E-state index contributed by atoms with van der Waals surface area (Å²) in [5, 5.41) is 12.4. The minimum absolute atomic E-state index is 0.0292. The molecule has 1 aromatic carbocycles. The normalized spacial score (nSPS) is 19.0. The third-order valence-corrected chi connectivity index (χ3v) is 4.88. The van der Waals surface area contributed by atoms with Crippen molar-refractivity contribution >= 4 is 6.03 Å². The minimum atomic E-state index is 0.0292. The monoisotopic (exact) mass is 318 g/mol. The molecule has 0 bridgehead atoms. The Morgan fingerprint density at radius 2 is 2.00 bits per heavy atom. The van der Waals surface area contributed by atoms with Crippen molar-refractivity contribution in [3.8, 4) is 0 Å². The fourth-order valence-corrected chi connectivity index (χ4v) is 3.22. The van der Waals surface area contributed by atoms with Gasteiger partial charge in [-0.1, -0.05) is 44.2 Å². The Balaban J connectivity index is 1.89. The molecule has 4 nitrogen and oxygen atoms in total. The molecule has 2 N–H and O–H groups in total. The number of nitrogens with zero attached hydrogens (tertiary/aromatic N) is 1. The Morgan fingerprint density at radius 1 is 1.26 bits per heavy atom. The molecule has 1 atom stereocenters. The van der Waals surface area contributed by atoms with E-state index < -0.39 is 0 Å². The second-order valence-corrected chi connectivity index (χ2v) is 7.31. The number of urea groups is 1. The lowest BCUT2D eigenvalue weighted by molar-refractivity contribution is 0.195. The molecule has 1 heterocycles. The van der Waals surface area contributed by atoms with Crippen molar-refractivity contribution in [2.75, 3.05) is 26.2 Å². The second-order valence-electron chi connectivity index (χ2n) is 7.31. The van der Waals surface area contributed by atoms with Gasteiger partial charge >= 0.3 is 6.03 Å². The number of hydrogen-bond acceptors (Lipinski definition) is 2.